The fourth-order valence-electron chi connectivity index (χ4n) is 3.02. The molecule has 0 saturated heterocycles. The van der Waals surface area contributed by atoms with Crippen LogP contribution in [0.15, 0.2) is 67.0 Å². The van der Waals surface area contributed by atoms with Crippen molar-refractivity contribution in [3.8, 4) is 0 Å². The molecule has 2 aromatic carbocycles. The molecule has 4 rings (SSSR count). The van der Waals surface area contributed by atoms with Gasteiger partial charge in [-0.3, -0.25) is 4.98 Å². The van der Waals surface area contributed by atoms with Gasteiger partial charge in [-0.25, -0.2) is 4.98 Å². The molecule has 0 saturated carbocycles. The second kappa shape index (κ2) is 7.82. The van der Waals surface area contributed by atoms with Crippen LogP contribution >= 0.6 is 18.7 Å². The Balaban J connectivity index is 1.68. The van der Waals surface area contributed by atoms with Gasteiger partial charge in [-0.15, -0.1) is 0 Å². The molecule has 29 heavy (non-hydrogen) atoms. The first-order chi connectivity index (χ1) is 13.9. The van der Waals surface area contributed by atoms with Crippen LogP contribution in [-0.4, -0.2) is 28.3 Å². The lowest BCUT2D eigenvalue weighted by atomic mass is 10.2. The van der Waals surface area contributed by atoms with Gasteiger partial charge in [-0.2, -0.15) is 4.98 Å². The highest BCUT2D eigenvalue weighted by Gasteiger charge is 2.17. The number of anilines is 4. The van der Waals surface area contributed by atoms with Gasteiger partial charge in [0, 0.05) is 16.9 Å². The fourth-order valence-corrected chi connectivity index (χ4v) is 4.31. The monoisotopic (exact) mass is 423 g/mol. The average Bonchev–Trinajstić information content (AvgIpc) is 2.70. The Hall–Kier alpha value is -2.95. The summed E-state index contributed by atoms with van der Waals surface area (Å²) < 4.78 is 12.6. The van der Waals surface area contributed by atoms with Crippen molar-refractivity contribution >= 4 is 58.1 Å². The van der Waals surface area contributed by atoms with E-state index in [0.717, 1.165) is 21.9 Å². The largest absolute Gasteiger partial charge is 0.338 e. The number of hydrogen-bond acceptors (Lipinski definition) is 6. The van der Waals surface area contributed by atoms with Gasteiger partial charge >= 0.3 is 0 Å². The van der Waals surface area contributed by atoms with Gasteiger partial charge in [-0.05, 0) is 37.6 Å². The summed E-state index contributed by atoms with van der Waals surface area (Å²) in [5.74, 6) is 0.807. The first-order valence-electron chi connectivity index (χ1n) is 8.97. The van der Waals surface area contributed by atoms with Crippen molar-refractivity contribution in [3.05, 3.63) is 72.0 Å². The van der Waals surface area contributed by atoms with Gasteiger partial charge in [0.05, 0.1) is 23.1 Å². The quantitative estimate of drug-likeness (QED) is 0.417. The smallest absolute Gasteiger partial charge is 0.229 e. The predicted octanol–water partition coefficient (Wildman–Crippen LogP) is 5.41. The van der Waals surface area contributed by atoms with E-state index in [1.165, 1.54) is 6.20 Å². The number of pyridine rings is 1. The van der Waals surface area contributed by atoms with Gasteiger partial charge in [0.1, 0.15) is 12.2 Å². The number of para-hydroxylation sites is 2. The topological polar surface area (TPSA) is 79.8 Å². The fraction of sp³-hybridized carbons (Fsp3) is 0.0952. The molecular weight excluding hydrogens is 405 g/mol. The zero-order chi connectivity index (χ0) is 20.4. The van der Waals surface area contributed by atoms with Crippen LogP contribution in [0.5, 0.6) is 0 Å². The zero-order valence-corrected chi connectivity index (χ0v) is 17.6. The molecule has 0 radical (unpaired) electrons. The number of rotatable bonds is 5. The predicted molar refractivity (Wildman–Crippen MR) is 121 cm³/mol. The van der Waals surface area contributed by atoms with E-state index >= 15 is 0 Å². The molecule has 6 nitrogen and oxygen atoms in total. The lowest BCUT2D eigenvalue weighted by Crippen LogP contribution is -2.11. The number of nitrogens with zero attached hydrogens (tertiary/aromatic N) is 3. The molecule has 0 unspecified atom stereocenters. The van der Waals surface area contributed by atoms with Crippen LogP contribution in [0.2, 0.25) is 5.02 Å². The van der Waals surface area contributed by atoms with Crippen molar-refractivity contribution in [2.75, 3.05) is 24.0 Å². The summed E-state index contributed by atoms with van der Waals surface area (Å²) in [5, 5.41) is 8.52. The third-order valence-corrected chi connectivity index (χ3v) is 6.19. The van der Waals surface area contributed by atoms with E-state index in [1.54, 1.807) is 19.5 Å². The minimum Gasteiger partial charge on any atom is -0.338 e. The van der Waals surface area contributed by atoms with Gasteiger partial charge < -0.3 is 15.2 Å². The van der Waals surface area contributed by atoms with Crippen LogP contribution in [0.3, 0.4) is 0 Å². The van der Waals surface area contributed by atoms with Crippen LogP contribution in [-0.2, 0) is 4.57 Å². The van der Waals surface area contributed by atoms with Gasteiger partial charge in [0.2, 0.25) is 5.95 Å². The van der Waals surface area contributed by atoms with E-state index in [4.69, 9.17) is 11.6 Å². The van der Waals surface area contributed by atoms with Crippen molar-refractivity contribution in [2.45, 2.75) is 0 Å². The molecule has 4 aromatic rings. The minimum atomic E-state index is -2.47. The number of halogens is 1. The molecule has 0 bridgehead atoms. The zero-order valence-electron chi connectivity index (χ0n) is 15.9. The number of hydrogen-bond donors (Lipinski definition) is 2. The Morgan fingerprint density at radius 1 is 0.897 bits per heavy atom. The second-order valence-electron chi connectivity index (χ2n) is 6.89. The highest BCUT2D eigenvalue weighted by atomic mass is 35.5. The molecule has 2 N–H and O–H groups in total. The number of benzene rings is 2. The van der Waals surface area contributed by atoms with Gasteiger partial charge in [0.25, 0.3) is 0 Å². The van der Waals surface area contributed by atoms with Crippen molar-refractivity contribution in [1.29, 1.82) is 0 Å². The molecule has 8 heteroatoms. The summed E-state index contributed by atoms with van der Waals surface area (Å²) in [7, 11) is -2.47. The molecule has 0 fully saturated rings. The molecule has 0 aliphatic rings. The SMILES string of the molecule is CP(C)(=O)c1ccccc1Nc1nc(Nc2cccc3cccnc23)ncc1Cl. The lowest BCUT2D eigenvalue weighted by molar-refractivity contribution is 0.588. The Morgan fingerprint density at radius 2 is 1.66 bits per heavy atom. The average molecular weight is 424 g/mol. The Morgan fingerprint density at radius 3 is 2.48 bits per heavy atom. The van der Waals surface area contributed by atoms with E-state index in [9.17, 15) is 4.57 Å². The standard InChI is InChI=1S/C21H19ClN5OP/c1-29(2,28)18-11-4-3-9-16(18)25-20-15(22)13-24-21(27-20)26-17-10-5-7-14-8-6-12-23-19(14)17/h3-13H,1-2H3,(H2,24,25,26,27). The summed E-state index contributed by atoms with van der Waals surface area (Å²) in [6.45, 7) is 3.46. The second-order valence-corrected chi connectivity index (χ2v) is 10.5. The van der Waals surface area contributed by atoms with Crippen LogP contribution in [0.1, 0.15) is 0 Å². The van der Waals surface area contributed by atoms with Gasteiger partial charge in [-0.1, -0.05) is 41.9 Å². The van der Waals surface area contributed by atoms with Crippen LogP contribution < -0.4 is 15.9 Å². The van der Waals surface area contributed by atoms with Crippen molar-refractivity contribution in [3.63, 3.8) is 0 Å². The molecule has 0 aliphatic carbocycles. The van der Waals surface area contributed by atoms with Crippen LogP contribution in [0, 0.1) is 0 Å². The normalized spacial score (nSPS) is 11.4. The first-order valence-corrected chi connectivity index (χ1v) is 11.9. The maximum absolute atomic E-state index is 12.6. The molecule has 2 aromatic heterocycles. The Kier molecular flexibility index (Phi) is 5.22. The van der Waals surface area contributed by atoms with Crippen molar-refractivity contribution in [2.24, 2.45) is 0 Å². The molecular formula is C21H19ClN5OP. The molecule has 146 valence electrons. The third kappa shape index (κ3) is 4.24. The summed E-state index contributed by atoms with van der Waals surface area (Å²) in [6, 6.07) is 17.2. The number of fused-ring (bicyclic) bond motifs is 1. The molecule has 0 aliphatic heterocycles. The van der Waals surface area contributed by atoms with E-state index < -0.39 is 7.14 Å². The molecule has 2 heterocycles. The van der Waals surface area contributed by atoms with E-state index in [1.807, 2.05) is 54.6 Å². The van der Waals surface area contributed by atoms with Crippen molar-refractivity contribution in [1.82, 2.24) is 15.0 Å². The minimum absolute atomic E-state index is 0.364. The van der Waals surface area contributed by atoms with E-state index in [-0.39, 0.29) is 0 Å². The van der Waals surface area contributed by atoms with E-state index in [0.29, 0.717) is 22.5 Å². The summed E-state index contributed by atoms with van der Waals surface area (Å²) >= 11 is 6.31. The molecule has 0 atom stereocenters. The molecule has 0 spiro atoms. The summed E-state index contributed by atoms with van der Waals surface area (Å²) in [6.07, 6.45) is 3.27. The Bertz CT molecular complexity index is 1240. The van der Waals surface area contributed by atoms with Crippen LogP contribution in [0.4, 0.5) is 23.1 Å². The maximum Gasteiger partial charge on any atom is 0.229 e. The highest BCUT2D eigenvalue weighted by Crippen LogP contribution is 2.38. The first kappa shape index (κ1) is 19.4. The number of nitrogens with one attached hydrogen (secondary N) is 2. The third-order valence-electron chi connectivity index (χ3n) is 4.36. The maximum atomic E-state index is 12.6. The highest BCUT2D eigenvalue weighted by molar-refractivity contribution is 7.70. The summed E-state index contributed by atoms with van der Waals surface area (Å²) in [5.41, 5.74) is 2.33. The summed E-state index contributed by atoms with van der Waals surface area (Å²) in [4.78, 5) is 13.2. The lowest BCUT2D eigenvalue weighted by Gasteiger charge is -2.16. The van der Waals surface area contributed by atoms with Crippen LogP contribution in [0.25, 0.3) is 10.9 Å². The number of aromatic nitrogens is 3. The van der Waals surface area contributed by atoms with Gasteiger partial charge in [0.15, 0.2) is 5.82 Å². The van der Waals surface area contributed by atoms with Crippen molar-refractivity contribution < 1.29 is 4.57 Å². The Labute approximate surface area is 173 Å². The molecule has 0 amide bonds. The van der Waals surface area contributed by atoms with E-state index in [2.05, 4.69) is 25.6 Å².